The molecule has 0 N–H and O–H groups in total. The number of ether oxygens (including phenoxy) is 2. The number of carbonyl (C=O) groups excluding carboxylic acids is 1. The molecule has 3 atom stereocenters. The first-order valence-corrected chi connectivity index (χ1v) is 10.0. The Morgan fingerprint density at radius 3 is 2.52 bits per heavy atom. The molecule has 0 radical (unpaired) electrons. The summed E-state index contributed by atoms with van der Waals surface area (Å²) in [5.74, 6) is -0.545. The molecule has 0 heterocycles. The normalized spacial score (nSPS) is 23.7. The minimum atomic E-state index is -3.81. The molecule has 0 aromatic rings. The summed E-state index contributed by atoms with van der Waals surface area (Å²) in [6.45, 7) is 5.75. The first-order valence-electron chi connectivity index (χ1n) is 8.21. The van der Waals surface area contributed by atoms with E-state index in [9.17, 15) is 13.2 Å². The standard InChI is InChI=1S/C15H25N3O6S/c1-5-11(6-2)23-13-9-10(15(19)22-7-3)8-12(17-18-16)14(13)24-25(4,20)21/h9,11-14H,5-8H2,1-4H3/t12-,13+,14-/m1/s1. The van der Waals surface area contributed by atoms with E-state index in [2.05, 4.69) is 10.0 Å². The summed E-state index contributed by atoms with van der Waals surface area (Å²) in [5, 5.41) is 3.61. The van der Waals surface area contributed by atoms with E-state index in [0.717, 1.165) is 6.26 Å². The van der Waals surface area contributed by atoms with E-state index >= 15 is 0 Å². The van der Waals surface area contributed by atoms with Crippen LogP contribution >= 0.6 is 0 Å². The number of carbonyl (C=O) groups is 1. The zero-order valence-corrected chi connectivity index (χ0v) is 15.7. The summed E-state index contributed by atoms with van der Waals surface area (Å²) in [4.78, 5) is 14.8. The SMILES string of the molecule is CCOC(=O)C1=C[C@H](OC(CC)CC)[C@H](OS(C)(=O)=O)[C@H](N=[N+]=[N-])C1. The molecule has 0 saturated heterocycles. The van der Waals surface area contributed by atoms with Crippen LogP contribution in [0.3, 0.4) is 0 Å². The first kappa shape index (κ1) is 21.4. The highest BCUT2D eigenvalue weighted by atomic mass is 32.2. The van der Waals surface area contributed by atoms with Crippen LogP contribution in [0.4, 0.5) is 0 Å². The van der Waals surface area contributed by atoms with Crippen LogP contribution in [0.5, 0.6) is 0 Å². The third-order valence-corrected chi connectivity index (χ3v) is 4.35. The molecule has 1 rings (SSSR count). The fraction of sp³-hybridized carbons (Fsp3) is 0.800. The van der Waals surface area contributed by atoms with E-state index in [1.54, 1.807) is 6.92 Å². The van der Waals surface area contributed by atoms with E-state index in [-0.39, 0.29) is 24.7 Å². The van der Waals surface area contributed by atoms with Crippen molar-refractivity contribution in [2.24, 2.45) is 5.11 Å². The average Bonchev–Trinajstić information content (AvgIpc) is 2.54. The molecule has 0 aromatic carbocycles. The van der Waals surface area contributed by atoms with Crippen molar-refractivity contribution in [2.45, 2.75) is 64.4 Å². The molecule has 0 aliphatic heterocycles. The van der Waals surface area contributed by atoms with Crippen LogP contribution in [-0.4, -0.2) is 51.6 Å². The van der Waals surface area contributed by atoms with Crippen molar-refractivity contribution in [3.63, 3.8) is 0 Å². The van der Waals surface area contributed by atoms with Crippen LogP contribution in [0.2, 0.25) is 0 Å². The van der Waals surface area contributed by atoms with Crippen molar-refractivity contribution in [1.82, 2.24) is 0 Å². The molecular weight excluding hydrogens is 350 g/mol. The van der Waals surface area contributed by atoms with Crippen LogP contribution in [-0.2, 0) is 28.6 Å². The minimum absolute atomic E-state index is 0.0197. The van der Waals surface area contributed by atoms with Crippen LogP contribution in [0.25, 0.3) is 10.4 Å². The van der Waals surface area contributed by atoms with Crippen molar-refractivity contribution in [2.75, 3.05) is 12.9 Å². The molecule has 0 bridgehead atoms. The van der Waals surface area contributed by atoms with Crippen LogP contribution in [0, 0.1) is 0 Å². The maximum atomic E-state index is 12.1. The lowest BCUT2D eigenvalue weighted by atomic mass is 9.90. The van der Waals surface area contributed by atoms with Gasteiger partial charge in [0.05, 0.1) is 25.0 Å². The smallest absolute Gasteiger partial charge is 0.333 e. The summed E-state index contributed by atoms with van der Waals surface area (Å²) in [5.41, 5.74) is 9.08. The molecule has 0 unspecified atom stereocenters. The molecule has 25 heavy (non-hydrogen) atoms. The summed E-state index contributed by atoms with van der Waals surface area (Å²) >= 11 is 0. The zero-order chi connectivity index (χ0) is 19.0. The molecule has 0 fully saturated rings. The molecule has 0 spiro atoms. The van der Waals surface area contributed by atoms with Crippen LogP contribution in [0.1, 0.15) is 40.0 Å². The summed E-state index contributed by atoms with van der Waals surface area (Å²) < 4.78 is 39.3. The molecule has 0 aromatic heterocycles. The molecular formula is C15H25N3O6S. The van der Waals surface area contributed by atoms with Gasteiger partial charge in [0.25, 0.3) is 10.1 Å². The number of hydrogen-bond donors (Lipinski definition) is 0. The number of nitrogens with zero attached hydrogens (tertiary/aromatic N) is 3. The maximum absolute atomic E-state index is 12.1. The Kier molecular flexibility index (Phi) is 8.37. The van der Waals surface area contributed by atoms with Gasteiger partial charge in [0, 0.05) is 10.5 Å². The molecule has 9 nitrogen and oxygen atoms in total. The fourth-order valence-corrected chi connectivity index (χ4v) is 3.25. The van der Waals surface area contributed by atoms with Crippen LogP contribution in [0.15, 0.2) is 16.8 Å². The highest BCUT2D eigenvalue weighted by Gasteiger charge is 2.39. The highest BCUT2D eigenvalue weighted by Crippen LogP contribution is 2.29. The highest BCUT2D eigenvalue weighted by molar-refractivity contribution is 7.86. The van der Waals surface area contributed by atoms with Gasteiger partial charge in [-0.05, 0) is 37.8 Å². The van der Waals surface area contributed by atoms with Gasteiger partial charge in [-0.1, -0.05) is 19.0 Å². The second-order valence-corrected chi connectivity index (χ2v) is 7.29. The molecule has 142 valence electrons. The van der Waals surface area contributed by atoms with Gasteiger partial charge in [-0.3, -0.25) is 4.18 Å². The van der Waals surface area contributed by atoms with Gasteiger partial charge >= 0.3 is 5.97 Å². The van der Waals surface area contributed by atoms with Crippen molar-refractivity contribution in [3.8, 4) is 0 Å². The summed E-state index contributed by atoms with van der Waals surface area (Å²) in [6, 6.07) is -0.900. The third kappa shape index (κ3) is 6.66. The van der Waals surface area contributed by atoms with Crippen molar-refractivity contribution < 1.29 is 26.9 Å². The molecule has 10 heteroatoms. The van der Waals surface area contributed by atoms with E-state index in [1.165, 1.54) is 6.08 Å². The molecule has 1 aliphatic carbocycles. The van der Waals surface area contributed by atoms with Gasteiger partial charge < -0.3 is 9.47 Å². The Morgan fingerprint density at radius 1 is 1.40 bits per heavy atom. The lowest BCUT2D eigenvalue weighted by Crippen LogP contribution is -2.45. The third-order valence-electron chi connectivity index (χ3n) is 3.78. The fourth-order valence-electron chi connectivity index (χ4n) is 2.61. The Labute approximate surface area is 148 Å². The topological polar surface area (TPSA) is 128 Å². The monoisotopic (exact) mass is 375 g/mol. The molecule has 1 aliphatic rings. The van der Waals surface area contributed by atoms with E-state index < -0.39 is 34.3 Å². The van der Waals surface area contributed by atoms with Gasteiger partial charge in [-0.25, -0.2) is 4.79 Å². The average molecular weight is 375 g/mol. The van der Waals surface area contributed by atoms with Gasteiger partial charge in [0.15, 0.2) is 0 Å². The number of azide groups is 1. The number of esters is 1. The second kappa shape index (κ2) is 9.76. The van der Waals surface area contributed by atoms with Gasteiger partial charge in [0.2, 0.25) is 0 Å². The van der Waals surface area contributed by atoms with E-state index in [1.807, 2.05) is 13.8 Å². The predicted molar refractivity (Wildman–Crippen MR) is 91.2 cm³/mol. The van der Waals surface area contributed by atoms with E-state index in [0.29, 0.717) is 12.8 Å². The molecule has 0 saturated carbocycles. The summed E-state index contributed by atoms with van der Waals surface area (Å²) in [7, 11) is -3.81. The summed E-state index contributed by atoms with van der Waals surface area (Å²) in [6.07, 6.45) is 1.81. The van der Waals surface area contributed by atoms with E-state index in [4.69, 9.17) is 19.2 Å². The molecule has 0 amide bonds. The number of hydrogen-bond acceptors (Lipinski definition) is 7. The predicted octanol–water partition coefficient (Wildman–Crippen LogP) is 2.48. The minimum Gasteiger partial charge on any atom is -0.463 e. The van der Waals surface area contributed by atoms with Crippen molar-refractivity contribution >= 4 is 16.1 Å². The van der Waals surface area contributed by atoms with Crippen molar-refractivity contribution in [1.29, 1.82) is 0 Å². The Hall–Kier alpha value is -1.61. The van der Waals surface area contributed by atoms with Gasteiger partial charge in [0.1, 0.15) is 12.2 Å². The largest absolute Gasteiger partial charge is 0.463 e. The second-order valence-electron chi connectivity index (χ2n) is 5.69. The first-order chi connectivity index (χ1) is 11.8. The van der Waals surface area contributed by atoms with Crippen LogP contribution < -0.4 is 0 Å². The lowest BCUT2D eigenvalue weighted by Gasteiger charge is -2.35. The quantitative estimate of drug-likeness (QED) is 0.200. The van der Waals surface area contributed by atoms with Gasteiger partial charge in [-0.2, -0.15) is 8.42 Å². The zero-order valence-electron chi connectivity index (χ0n) is 14.9. The lowest BCUT2D eigenvalue weighted by molar-refractivity contribution is -0.139. The Balaban J connectivity index is 3.26. The Morgan fingerprint density at radius 2 is 2.04 bits per heavy atom. The van der Waals surface area contributed by atoms with Crippen molar-refractivity contribution in [3.05, 3.63) is 22.1 Å². The Bertz CT molecular complexity index is 638. The van der Waals surface area contributed by atoms with Gasteiger partial charge in [-0.15, -0.1) is 0 Å². The maximum Gasteiger partial charge on any atom is 0.333 e. The number of rotatable bonds is 9.